The lowest BCUT2D eigenvalue weighted by Gasteiger charge is -2.23. The highest BCUT2D eigenvalue weighted by molar-refractivity contribution is 5.79. The van der Waals surface area contributed by atoms with Crippen molar-refractivity contribution in [3.05, 3.63) is 17.0 Å². The first-order valence-corrected chi connectivity index (χ1v) is 7.64. The van der Waals surface area contributed by atoms with Gasteiger partial charge in [-0.05, 0) is 39.0 Å². The van der Waals surface area contributed by atoms with Crippen LogP contribution in [0.2, 0.25) is 0 Å². The van der Waals surface area contributed by atoms with Crippen molar-refractivity contribution in [3.63, 3.8) is 0 Å². The van der Waals surface area contributed by atoms with Gasteiger partial charge in [0.25, 0.3) is 0 Å². The van der Waals surface area contributed by atoms with Gasteiger partial charge < -0.3 is 19.9 Å². The molecule has 0 saturated carbocycles. The van der Waals surface area contributed by atoms with Crippen LogP contribution in [0, 0.1) is 19.8 Å². The van der Waals surface area contributed by atoms with Gasteiger partial charge in [0.1, 0.15) is 5.76 Å². The molecule has 0 amide bonds. The summed E-state index contributed by atoms with van der Waals surface area (Å²) in [5.74, 6) is 2.44. The van der Waals surface area contributed by atoms with E-state index in [0.29, 0.717) is 5.92 Å². The Morgan fingerprint density at radius 1 is 1.29 bits per heavy atom. The minimum absolute atomic E-state index is 0.680. The standard InChI is InChI=1S/C15H26N4O2/c1-11-14(12(2)21-19-11)4-7-17-15(16-3)18-10-13-5-8-20-9-6-13/h13H,4-10H2,1-3H3,(H2,16,17,18). The molecule has 2 heterocycles. The smallest absolute Gasteiger partial charge is 0.190 e. The van der Waals surface area contributed by atoms with E-state index in [9.17, 15) is 0 Å². The third-order valence-electron chi connectivity index (χ3n) is 3.97. The molecule has 0 unspecified atom stereocenters. The molecule has 0 spiro atoms. The van der Waals surface area contributed by atoms with Crippen molar-refractivity contribution in [1.29, 1.82) is 0 Å². The molecule has 0 bridgehead atoms. The highest BCUT2D eigenvalue weighted by atomic mass is 16.5. The fourth-order valence-corrected chi connectivity index (χ4v) is 2.58. The summed E-state index contributed by atoms with van der Waals surface area (Å²) in [6.45, 7) is 7.46. The molecule has 1 aromatic heterocycles. The third-order valence-corrected chi connectivity index (χ3v) is 3.97. The summed E-state index contributed by atoms with van der Waals surface area (Å²) >= 11 is 0. The van der Waals surface area contributed by atoms with E-state index in [4.69, 9.17) is 9.26 Å². The van der Waals surface area contributed by atoms with Crippen LogP contribution in [0.15, 0.2) is 9.52 Å². The summed E-state index contributed by atoms with van der Waals surface area (Å²) < 4.78 is 10.5. The van der Waals surface area contributed by atoms with Crippen LogP contribution < -0.4 is 10.6 Å². The summed E-state index contributed by atoms with van der Waals surface area (Å²) in [5, 5.41) is 10.7. The zero-order valence-corrected chi connectivity index (χ0v) is 13.2. The number of nitrogens with zero attached hydrogens (tertiary/aromatic N) is 2. The average molecular weight is 294 g/mol. The van der Waals surface area contributed by atoms with Gasteiger partial charge in [-0.25, -0.2) is 0 Å². The number of hydrogen-bond acceptors (Lipinski definition) is 4. The zero-order chi connectivity index (χ0) is 15.1. The van der Waals surface area contributed by atoms with Crippen LogP contribution in [-0.4, -0.2) is 44.5 Å². The van der Waals surface area contributed by atoms with E-state index >= 15 is 0 Å². The van der Waals surface area contributed by atoms with E-state index in [1.165, 1.54) is 5.56 Å². The van der Waals surface area contributed by atoms with Crippen molar-refractivity contribution >= 4 is 5.96 Å². The van der Waals surface area contributed by atoms with Crippen LogP contribution in [0.3, 0.4) is 0 Å². The van der Waals surface area contributed by atoms with Crippen molar-refractivity contribution in [1.82, 2.24) is 15.8 Å². The van der Waals surface area contributed by atoms with E-state index in [1.807, 2.05) is 13.8 Å². The molecule has 0 radical (unpaired) electrons. The van der Waals surface area contributed by atoms with Gasteiger partial charge in [-0.15, -0.1) is 0 Å². The summed E-state index contributed by atoms with van der Waals surface area (Å²) in [6.07, 6.45) is 3.14. The lowest BCUT2D eigenvalue weighted by Crippen LogP contribution is -2.41. The Kier molecular flexibility index (Phi) is 6.04. The minimum atomic E-state index is 0.680. The van der Waals surface area contributed by atoms with E-state index in [0.717, 1.165) is 63.0 Å². The number of hydrogen-bond donors (Lipinski definition) is 2. The molecule has 2 N–H and O–H groups in total. The molecule has 0 aliphatic carbocycles. The van der Waals surface area contributed by atoms with E-state index in [2.05, 4.69) is 20.8 Å². The van der Waals surface area contributed by atoms with Crippen molar-refractivity contribution in [2.75, 3.05) is 33.4 Å². The van der Waals surface area contributed by atoms with Gasteiger partial charge in [0, 0.05) is 38.9 Å². The number of aromatic nitrogens is 1. The largest absolute Gasteiger partial charge is 0.381 e. The minimum Gasteiger partial charge on any atom is -0.381 e. The van der Waals surface area contributed by atoms with Crippen molar-refractivity contribution in [2.45, 2.75) is 33.1 Å². The molecular weight excluding hydrogens is 268 g/mol. The second kappa shape index (κ2) is 8.02. The number of nitrogens with one attached hydrogen (secondary N) is 2. The Hall–Kier alpha value is -1.56. The fourth-order valence-electron chi connectivity index (χ4n) is 2.58. The molecule has 6 heteroatoms. The lowest BCUT2D eigenvalue weighted by atomic mass is 10.0. The van der Waals surface area contributed by atoms with E-state index in [1.54, 1.807) is 7.05 Å². The molecule has 21 heavy (non-hydrogen) atoms. The monoisotopic (exact) mass is 294 g/mol. The quantitative estimate of drug-likeness (QED) is 0.635. The lowest BCUT2D eigenvalue weighted by molar-refractivity contribution is 0.0675. The number of rotatable bonds is 5. The van der Waals surface area contributed by atoms with Crippen LogP contribution in [0.25, 0.3) is 0 Å². The van der Waals surface area contributed by atoms with Crippen LogP contribution >= 0.6 is 0 Å². The summed E-state index contributed by atoms with van der Waals surface area (Å²) in [5.41, 5.74) is 2.15. The Morgan fingerprint density at radius 2 is 2.05 bits per heavy atom. The molecule has 1 fully saturated rings. The zero-order valence-electron chi connectivity index (χ0n) is 13.2. The molecule has 0 atom stereocenters. The summed E-state index contributed by atoms with van der Waals surface area (Å²) in [4.78, 5) is 4.26. The van der Waals surface area contributed by atoms with Gasteiger partial charge in [-0.2, -0.15) is 0 Å². The molecular formula is C15H26N4O2. The number of ether oxygens (including phenoxy) is 1. The maximum atomic E-state index is 5.37. The number of aliphatic imine (C=N–C) groups is 1. The Labute approximate surface area is 126 Å². The van der Waals surface area contributed by atoms with E-state index in [-0.39, 0.29) is 0 Å². The molecule has 1 saturated heterocycles. The van der Waals surface area contributed by atoms with Crippen LogP contribution in [0.4, 0.5) is 0 Å². The van der Waals surface area contributed by atoms with Crippen molar-refractivity contribution in [3.8, 4) is 0 Å². The molecule has 2 rings (SSSR count). The summed E-state index contributed by atoms with van der Waals surface area (Å²) in [7, 11) is 1.80. The average Bonchev–Trinajstić information content (AvgIpc) is 2.83. The maximum Gasteiger partial charge on any atom is 0.190 e. The van der Waals surface area contributed by atoms with Gasteiger partial charge in [0.2, 0.25) is 0 Å². The molecule has 118 valence electrons. The predicted octanol–water partition coefficient (Wildman–Crippen LogP) is 1.43. The maximum absolute atomic E-state index is 5.37. The Morgan fingerprint density at radius 3 is 2.67 bits per heavy atom. The van der Waals surface area contributed by atoms with Gasteiger partial charge in [0.15, 0.2) is 5.96 Å². The number of aryl methyl sites for hydroxylation is 2. The highest BCUT2D eigenvalue weighted by Gasteiger charge is 2.14. The normalized spacial score (nSPS) is 17.0. The van der Waals surface area contributed by atoms with Crippen molar-refractivity contribution < 1.29 is 9.26 Å². The van der Waals surface area contributed by atoms with Gasteiger partial charge in [-0.1, -0.05) is 5.16 Å². The van der Waals surface area contributed by atoms with Gasteiger partial charge in [-0.3, -0.25) is 4.99 Å². The first-order valence-electron chi connectivity index (χ1n) is 7.64. The Bertz CT molecular complexity index is 445. The molecule has 1 aromatic rings. The second-order valence-corrected chi connectivity index (χ2v) is 5.49. The highest BCUT2D eigenvalue weighted by Crippen LogP contribution is 2.13. The Balaban J connectivity index is 1.70. The molecule has 6 nitrogen and oxygen atoms in total. The van der Waals surface area contributed by atoms with Gasteiger partial charge in [0.05, 0.1) is 5.69 Å². The third kappa shape index (κ3) is 4.74. The van der Waals surface area contributed by atoms with Crippen molar-refractivity contribution in [2.24, 2.45) is 10.9 Å². The van der Waals surface area contributed by atoms with Crippen LogP contribution in [-0.2, 0) is 11.2 Å². The van der Waals surface area contributed by atoms with E-state index < -0.39 is 0 Å². The predicted molar refractivity (Wildman–Crippen MR) is 82.6 cm³/mol. The topological polar surface area (TPSA) is 71.7 Å². The second-order valence-electron chi connectivity index (χ2n) is 5.49. The van der Waals surface area contributed by atoms with Crippen LogP contribution in [0.1, 0.15) is 29.9 Å². The molecule has 1 aliphatic heterocycles. The molecule has 0 aromatic carbocycles. The summed E-state index contributed by atoms with van der Waals surface area (Å²) in [6, 6.07) is 0. The first-order chi connectivity index (χ1) is 10.2. The fraction of sp³-hybridized carbons (Fsp3) is 0.733. The van der Waals surface area contributed by atoms with Crippen LogP contribution in [0.5, 0.6) is 0 Å². The van der Waals surface area contributed by atoms with Gasteiger partial charge >= 0.3 is 0 Å². The molecule has 1 aliphatic rings. The first kappa shape index (κ1) is 15.8. The number of guanidine groups is 1. The SMILES string of the molecule is CN=C(NCCc1c(C)noc1C)NCC1CCOCC1.